The molecular formula is C30H39N9O19P2. The Morgan fingerprint density at radius 1 is 0.767 bits per heavy atom. The van der Waals surface area contributed by atoms with Gasteiger partial charge >= 0.3 is 27.0 Å². The van der Waals surface area contributed by atoms with E-state index in [4.69, 9.17) is 38.0 Å². The standard InChI is InChI=1S/C30H39N9O19P2/c1-11-5-37(29(46)35-24(11)43)18-3-13(15(7-40)54-18)57-59(48,49)52-8-16-14(4-19(55-16)38-6-12(2)25(44)36-30(38)47)58-60(50,51)53-9-17-21(41)22(42)27(56-17)39-10-32-20-23(39)33-28(31)34-26(20)45/h5-6,10,13-19,21-22,27,40-42H,3-4,7-9H2,1-2H3,(H,48,49)(H,50,51)(H,35,43,46)(H,36,44,47)(H3,31,33,34,45)/t13-,14-,15+,16+,17+,18+,19+,21+,22+,27+/m0/s1. The third-order valence-corrected chi connectivity index (χ3v) is 11.9. The highest BCUT2D eigenvalue weighted by molar-refractivity contribution is 7.47. The number of aromatic nitrogens is 8. The predicted octanol–water partition coefficient (Wildman–Crippen LogP) is -3.39. The molecule has 7 heterocycles. The van der Waals surface area contributed by atoms with Gasteiger partial charge in [0.05, 0.1) is 26.1 Å². The van der Waals surface area contributed by atoms with E-state index >= 15 is 0 Å². The summed E-state index contributed by atoms with van der Waals surface area (Å²) in [5.41, 5.74) is 1.78. The first kappa shape index (κ1) is 43.6. The number of rotatable bonds is 14. The molecule has 0 aromatic carbocycles. The zero-order valence-electron chi connectivity index (χ0n) is 31.2. The van der Waals surface area contributed by atoms with Crippen molar-refractivity contribution < 1.29 is 66.5 Å². The first-order chi connectivity index (χ1) is 28.2. The van der Waals surface area contributed by atoms with Gasteiger partial charge in [-0.2, -0.15) is 4.98 Å². The summed E-state index contributed by atoms with van der Waals surface area (Å²) < 4.78 is 67.8. The van der Waals surface area contributed by atoms with Crippen molar-refractivity contribution in [3.8, 4) is 0 Å². The topological polar surface area (TPSA) is 399 Å². The van der Waals surface area contributed by atoms with E-state index in [0.717, 1.165) is 26.2 Å². The molecule has 28 nitrogen and oxygen atoms in total. The second-order valence-electron chi connectivity index (χ2n) is 14.0. The Bertz CT molecular complexity index is 2660. The number of aliphatic hydroxyl groups excluding tert-OH is 3. The highest BCUT2D eigenvalue weighted by Crippen LogP contribution is 2.52. The molecule has 4 aromatic rings. The fourth-order valence-corrected chi connectivity index (χ4v) is 8.76. The molecule has 3 fully saturated rings. The number of nitrogen functional groups attached to an aromatic ring is 1. The number of nitrogens with two attached hydrogens (primary N) is 1. The first-order valence-electron chi connectivity index (χ1n) is 17.9. The molecule has 0 saturated carbocycles. The van der Waals surface area contributed by atoms with E-state index in [2.05, 4.69) is 24.9 Å². The maximum Gasteiger partial charge on any atom is 0.472 e. The van der Waals surface area contributed by atoms with Crippen molar-refractivity contribution in [3.63, 3.8) is 0 Å². The van der Waals surface area contributed by atoms with Crippen molar-refractivity contribution in [2.24, 2.45) is 0 Å². The molecule has 3 aliphatic rings. The van der Waals surface area contributed by atoms with Gasteiger partial charge < -0.3 is 45.1 Å². The smallest absolute Gasteiger partial charge is 0.394 e. The third-order valence-electron chi connectivity index (χ3n) is 9.86. The van der Waals surface area contributed by atoms with Crippen LogP contribution < -0.4 is 33.8 Å². The molecule has 0 bridgehead atoms. The molecule has 4 aromatic heterocycles. The molecule has 60 heavy (non-hydrogen) atoms. The molecule has 0 aliphatic carbocycles. The molecule has 7 rings (SSSR count). The number of ether oxygens (including phenoxy) is 3. The van der Waals surface area contributed by atoms with Gasteiger partial charge in [-0.25, -0.2) is 23.7 Å². The van der Waals surface area contributed by atoms with Crippen LogP contribution in [0.4, 0.5) is 5.95 Å². The fraction of sp³-hybridized carbons (Fsp3) is 0.567. The Hall–Kier alpha value is -4.51. The number of H-pyrrole nitrogens is 3. The summed E-state index contributed by atoms with van der Waals surface area (Å²) in [7, 11) is -10.3. The summed E-state index contributed by atoms with van der Waals surface area (Å²) in [6, 6.07) is 0. The zero-order chi connectivity index (χ0) is 43.4. The van der Waals surface area contributed by atoms with E-state index in [-0.39, 0.29) is 34.7 Å². The van der Waals surface area contributed by atoms with Crippen molar-refractivity contribution >= 4 is 32.8 Å². The number of anilines is 1. The number of imidazole rings is 1. The highest BCUT2D eigenvalue weighted by Gasteiger charge is 2.48. The van der Waals surface area contributed by atoms with Crippen LogP contribution in [0.15, 0.2) is 42.7 Å². The monoisotopic (exact) mass is 891 g/mol. The Balaban J connectivity index is 1.04. The van der Waals surface area contributed by atoms with Gasteiger partial charge in [0.2, 0.25) is 5.95 Å². The van der Waals surface area contributed by atoms with Crippen molar-refractivity contribution in [3.05, 3.63) is 81.9 Å². The molecular weight excluding hydrogens is 852 g/mol. The van der Waals surface area contributed by atoms with Crippen LogP contribution in [0.2, 0.25) is 0 Å². The lowest BCUT2D eigenvalue weighted by Crippen LogP contribution is -2.34. The number of fused-ring (bicyclic) bond motifs is 1. The minimum atomic E-state index is -5.21. The van der Waals surface area contributed by atoms with Crippen LogP contribution in [0.5, 0.6) is 0 Å². The maximum absolute atomic E-state index is 13.4. The normalized spacial score (nSPS) is 30.2. The average molecular weight is 892 g/mol. The van der Waals surface area contributed by atoms with Crippen molar-refractivity contribution in [1.29, 1.82) is 0 Å². The van der Waals surface area contributed by atoms with Gasteiger partial charge in [-0.05, 0) is 13.8 Å². The van der Waals surface area contributed by atoms with E-state index in [0.29, 0.717) is 0 Å². The van der Waals surface area contributed by atoms with Gasteiger partial charge in [-0.15, -0.1) is 0 Å². The molecule has 30 heteroatoms. The minimum Gasteiger partial charge on any atom is -0.394 e. The maximum atomic E-state index is 13.4. The molecule has 0 radical (unpaired) electrons. The average Bonchev–Trinajstić information content (AvgIpc) is 3.94. The Morgan fingerprint density at radius 2 is 1.28 bits per heavy atom. The van der Waals surface area contributed by atoms with Gasteiger partial charge in [0.15, 0.2) is 17.4 Å². The zero-order valence-corrected chi connectivity index (χ0v) is 33.0. The van der Waals surface area contributed by atoms with Crippen LogP contribution in [-0.4, -0.2) is 126 Å². The number of aryl methyl sites for hydroxylation is 2. The molecule has 10 N–H and O–H groups in total. The summed E-state index contributed by atoms with van der Waals surface area (Å²) >= 11 is 0. The Kier molecular flexibility index (Phi) is 12.2. The Morgan fingerprint density at radius 3 is 1.83 bits per heavy atom. The third kappa shape index (κ3) is 8.93. The summed E-state index contributed by atoms with van der Waals surface area (Å²) in [6.45, 7) is 0.325. The van der Waals surface area contributed by atoms with Gasteiger partial charge in [-0.3, -0.25) is 61.1 Å². The van der Waals surface area contributed by atoms with E-state index in [1.807, 2.05) is 0 Å². The quantitative estimate of drug-likeness (QED) is 0.0557. The van der Waals surface area contributed by atoms with Crippen LogP contribution in [-0.2, 0) is 41.4 Å². The number of aliphatic hydroxyl groups is 3. The van der Waals surface area contributed by atoms with Gasteiger partial charge in [0, 0.05) is 36.4 Å². The predicted molar refractivity (Wildman–Crippen MR) is 196 cm³/mol. The van der Waals surface area contributed by atoms with E-state index in [1.54, 1.807) is 0 Å². The summed E-state index contributed by atoms with van der Waals surface area (Å²) in [6.07, 6.45) is -11.7. The number of aromatic amines is 3. The number of nitrogens with one attached hydrogen (secondary N) is 3. The molecule has 12 atom stereocenters. The molecule has 2 unspecified atom stereocenters. The van der Waals surface area contributed by atoms with Crippen molar-refractivity contribution in [2.45, 2.75) is 88.1 Å². The Labute approximate surface area is 333 Å². The summed E-state index contributed by atoms with van der Waals surface area (Å²) in [5, 5.41) is 31.4. The van der Waals surface area contributed by atoms with Crippen molar-refractivity contribution in [2.75, 3.05) is 25.6 Å². The lowest BCUT2D eigenvalue weighted by atomic mass is 10.1. The molecule has 3 saturated heterocycles. The van der Waals surface area contributed by atoms with Crippen LogP contribution in [0.1, 0.15) is 42.7 Å². The largest absolute Gasteiger partial charge is 0.472 e. The van der Waals surface area contributed by atoms with E-state index < -0.39 is 131 Å². The van der Waals surface area contributed by atoms with Crippen LogP contribution >= 0.6 is 15.6 Å². The number of phosphoric ester groups is 2. The lowest BCUT2D eigenvalue weighted by molar-refractivity contribution is -0.0626. The second-order valence-corrected chi connectivity index (χ2v) is 16.8. The SMILES string of the molecule is Cc1cn([C@H]2C[C@H](OP(=O)(O)OC[C@H]3O[C@@H](n4cc(C)c(=O)[nH]c4=O)C[C@@H]3OP(=O)(O)OC[C@H]3O[C@@H](n4cnc5c(=O)[nH]c(N)nc54)[C@H](O)[C@@H]3O)[C@@H](CO)O2)c(=O)[nH]c1=O. The van der Waals surface area contributed by atoms with Gasteiger partial charge in [-0.1, -0.05) is 0 Å². The highest BCUT2D eigenvalue weighted by atomic mass is 31.2. The number of hydrogen-bond acceptors (Lipinski definition) is 20. The number of hydrogen-bond donors (Lipinski definition) is 9. The van der Waals surface area contributed by atoms with Crippen LogP contribution in [0.3, 0.4) is 0 Å². The van der Waals surface area contributed by atoms with Gasteiger partial charge in [0.25, 0.3) is 16.7 Å². The fourth-order valence-electron chi connectivity index (χ4n) is 6.84. The molecule has 3 aliphatic heterocycles. The van der Waals surface area contributed by atoms with Crippen molar-refractivity contribution in [1.82, 2.24) is 38.6 Å². The number of phosphoric acid groups is 2. The molecule has 328 valence electrons. The van der Waals surface area contributed by atoms with Gasteiger partial charge in [0.1, 0.15) is 55.2 Å². The number of nitrogens with zero attached hydrogens (tertiary/aromatic N) is 5. The van der Waals surface area contributed by atoms with E-state index in [1.165, 1.54) is 20.0 Å². The lowest BCUT2D eigenvalue weighted by Gasteiger charge is -2.24. The van der Waals surface area contributed by atoms with E-state index in [9.17, 15) is 58.2 Å². The molecule has 0 amide bonds. The molecule has 0 spiro atoms. The first-order valence-corrected chi connectivity index (χ1v) is 20.8. The second kappa shape index (κ2) is 16.7. The summed E-state index contributed by atoms with van der Waals surface area (Å²) in [5.74, 6) is -0.275. The summed E-state index contributed by atoms with van der Waals surface area (Å²) in [4.78, 5) is 97.1. The van der Waals surface area contributed by atoms with Crippen LogP contribution in [0.25, 0.3) is 11.2 Å². The minimum absolute atomic E-state index is 0.0833. The van der Waals surface area contributed by atoms with Crippen LogP contribution in [0, 0.1) is 13.8 Å².